The minimum absolute atomic E-state index is 0.0336. The summed E-state index contributed by atoms with van der Waals surface area (Å²) < 4.78 is 13.6. The van der Waals surface area contributed by atoms with Gasteiger partial charge in [0.15, 0.2) is 5.82 Å². The van der Waals surface area contributed by atoms with E-state index >= 15 is 0 Å². The van der Waals surface area contributed by atoms with Gasteiger partial charge in [-0.1, -0.05) is 27.5 Å². The quantitative estimate of drug-likeness (QED) is 0.636. The summed E-state index contributed by atoms with van der Waals surface area (Å²) in [7, 11) is 0. The van der Waals surface area contributed by atoms with Crippen molar-refractivity contribution >= 4 is 39.6 Å². The van der Waals surface area contributed by atoms with Crippen LogP contribution >= 0.6 is 27.5 Å². The molecule has 0 aliphatic carbocycles. The molecule has 1 aromatic rings. The van der Waals surface area contributed by atoms with Gasteiger partial charge in [-0.2, -0.15) is 0 Å². The van der Waals surface area contributed by atoms with Gasteiger partial charge in [-0.15, -0.1) is 0 Å². The van der Waals surface area contributed by atoms with Crippen LogP contribution in [0.25, 0.3) is 0 Å². The van der Waals surface area contributed by atoms with E-state index in [1.807, 2.05) is 0 Å². The second-order valence-electron chi connectivity index (χ2n) is 2.01. The van der Waals surface area contributed by atoms with Crippen LogP contribution in [0.2, 0.25) is 5.02 Å². The summed E-state index contributed by atoms with van der Waals surface area (Å²) in [6.07, 6.45) is 0.390. The molecule has 0 aromatic heterocycles. The van der Waals surface area contributed by atoms with Crippen LogP contribution in [0.15, 0.2) is 16.6 Å². The SMILES string of the molecule is O=CNc1cc(Br)cc(Cl)c1F. The van der Waals surface area contributed by atoms with Crippen molar-refractivity contribution in [3.05, 3.63) is 27.4 Å². The van der Waals surface area contributed by atoms with Crippen molar-refractivity contribution < 1.29 is 9.18 Å². The first-order valence-corrected chi connectivity index (χ1v) is 4.17. The zero-order valence-corrected chi connectivity index (χ0v) is 8.12. The number of amides is 1. The highest BCUT2D eigenvalue weighted by Crippen LogP contribution is 2.27. The second kappa shape index (κ2) is 3.87. The second-order valence-corrected chi connectivity index (χ2v) is 3.33. The molecule has 1 aromatic carbocycles. The van der Waals surface area contributed by atoms with Crippen LogP contribution in [-0.2, 0) is 4.79 Å². The van der Waals surface area contributed by atoms with Gasteiger partial charge in [0.1, 0.15) is 0 Å². The summed E-state index contributed by atoms with van der Waals surface area (Å²) in [4.78, 5) is 10.0. The molecule has 5 heteroatoms. The molecule has 64 valence electrons. The first kappa shape index (κ1) is 9.48. The summed E-state index contributed by atoms with van der Waals surface area (Å²) in [5, 5.41) is 2.15. The molecule has 0 unspecified atom stereocenters. The van der Waals surface area contributed by atoms with Gasteiger partial charge in [0.05, 0.1) is 10.7 Å². The average molecular weight is 252 g/mol. The molecule has 0 saturated carbocycles. The minimum Gasteiger partial charge on any atom is -0.326 e. The number of anilines is 1. The number of halogens is 3. The number of carbonyl (C=O) groups excluding carboxylic acids is 1. The van der Waals surface area contributed by atoms with E-state index in [-0.39, 0.29) is 10.7 Å². The van der Waals surface area contributed by atoms with Crippen LogP contribution in [0.1, 0.15) is 0 Å². The highest BCUT2D eigenvalue weighted by molar-refractivity contribution is 9.10. The van der Waals surface area contributed by atoms with E-state index in [9.17, 15) is 9.18 Å². The van der Waals surface area contributed by atoms with Gasteiger partial charge < -0.3 is 5.32 Å². The molecular formula is C7H4BrClFNO. The molecule has 1 N–H and O–H groups in total. The third kappa shape index (κ3) is 1.95. The summed E-state index contributed by atoms with van der Waals surface area (Å²) in [5.41, 5.74) is 0.0596. The van der Waals surface area contributed by atoms with E-state index in [0.29, 0.717) is 10.9 Å². The number of nitrogens with one attached hydrogen (secondary N) is 1. The van der Waals surface area contributed by atoms with Gasteiger partial charge in [0, 0.05) is 4.47 Å². The number of rotatable bonds is 2. The van der Waals surface area contributed by atoms with E-state index in [1.54, 1.807) is 0 Å². The molecule has 0 saturated heterocycles. The summed E-state index contributed by atoms with van der Waals surface area (Å²) >= 11 is 8.60. The zero-order chi connectivity index (χ0) is 9.14. The Morgan fingerprint density at radius 3 is 2.83 bits per heavy atom. The molecular weight excluding hydrogens is 248 g/mol. The number of hydrogen-bond acceptors (Lipinski definition) is 1. The maximum atomic E-state index is 13.0. The fourth-order valence-corrected chi connectivity index (χ4v) is 1.53. The lowest BCUT2D eigenvalue weighted by Crippen LogP contribution is -1.97. The first-order valence-electron chi connectivity index (χ1n) is 3.00. The van der Waals surface area contributed by atoms with Crippen molar-refractivity contribution in [3.63, 3.8) is 0 Å². The van der Waals surface area contributed by atoms with Crippen molar-refractivity contribution in [3.8, 4) is 0 Å². The molecule has 0 spiro atoms. The summed E-state index contributed by atoms with van der Waals surface area (Å²) in [6, 6.07) is 2.84. The molecule has 0 aliphatic heterocycles. The standard InChI is InChI=1S/C7H4BrClFNO/c8-4-1-5(9)7(10)6(2-4)11-3-12/h1-3H,(H,11,12). The van der Waals surface area contributed by atoms with Crippen LogP contribution in [0.4, 0.5) is 10.1 Å². The Balaban J connectivity index is 3.17. The minimum atomic E-state index is -0.632. The van der Waals surface area contributed by atoms with Crippen LogP contribution in [0.3, 0.4) is 0 Å². The predicted octanol–water partition coefficient (Wildman–Crippen LogP) is 2.81. The van der Waals surface area contributed by atoms with Gasteiger partial charge in [-0.3, -0.25) is 4.79 Å². The third-order valence-electron chi connectivity index (χ3n) is 1.21. The van der Waals surface area contributed by atoms with E-state index in [2.05, 4.69) is 21.2 Å². The topological polar surface area (TPSA) is 29.1 Å². The van der Waals surface area contributed by atoms with Crippen LogP contribution in [-0.4, -0.2) is 6.41 Å². The molecule has 0 atom stereocenters. The smallest absolute Gasteiger partial charge is 0.211 e. The van der Waals surface area contributed by atoms with Gasteiger partial charge in [-0.05, 0) is 12.1 Å². The van der Waals surface area contributed by atoms with Crippen molar-refractivity contribution in [1.82, 2.24) is 0 Å². The lowest BCUT2D eigenvalue weighted by molar-refractivity contribution is -0.105. The highest BCUT2D eigenvalue weighted by atomic mass is 79.9. The van der Waals surface area contributed by atoms with E-state index < -0.39 is 5.82 Å². The van der Waals surface area contributed by atoms with Gasteiger partial charge in [0.25, 0.3) is 0 Å². The molecule has 0 heterocycles. The molecule has 0 fully saturated rings. The number of carbonyl (C=O) groups is 1. The molecule has 0 aliphatic rings. The first-order chi connectivity index (χ1) is 5.65. The number of hydrogen-bond donors (Lipinski definition) is 1. The van der Waals surface area contributed by atoms with Gasteiger partial charge in [-0.25, -0.2) is 4.39 Å². The maximum absolute atomic E-state index is 13.0. The molecule has 1 rings (SSSR count). The Morgan fingerprint density at radius 1 is 1.58 bits per heavy atom. The molecule has 12 heavy (non-hydrogen) atoms. The Bertz CT molecular complexity index is 319. The number of benzene rings is 1. The predicted molar refractivity (Wildman–Crippen MR) is 48.8 cm³/mol. The summed E-state index contributed by atoms with van der Waals surface area (Å²) in [5.74, 6) is -0.632. The normalized spacial score (nSPS) is 9.58. The van der Waals surface area contributed by atoms with Crippen molar-refractivity contribution in [2.45, 2.75) is 0 Å². The van der Waals surface area contributed by atoms with E-state index in [4.69, 9.17) is 11.6 Å². The fraction of sp³-hybridized carbons (Fsp3) is 0. The Labute approximate surface area is 81.8 Å². The Kier molecular flexibility index (Phi) is 3.05. The molecule has 2 nitrogen and oxygen atoms in total. The maximum Gasteiger partial charge on any atom is 0.211 e. The largest absolute Gasteiger partial charge is 0.326 e. The van der Waals surface area contributed by atoms with Crippen molar-refractivity contribution in [2.24, 2.45) is 0 Å². The molecule has 0 bridgehead atoms. The fourth-order valence-electron chi connectivity index (χ4n) is 0.725. The van der Waals surface area contributed by atoms with Gasteiger partial charge in [0.2, 0.25) is 6.41 Å². The van der Waals surface area contributed by atoms with Crippen LogP contribution < -0.4 is 5.32 Å². The molecule has 1 amide bonds. The van der Waals surface area contributed by atoms with Crippen molar-refractivity contribution in [2.75, 3.05) is 5.32 Å². The lowest BCUT2D eigenvalue weighted by atomic mass is 10.3. The lowest BCUT2D eigenvalue weighted by Gasteiger charge is -2.02. The zero-order valence-electron chi connectivity index (χ0n) is 5.77. The Hall–Kier alpha value is -0.610. The average Bonchev–Trinajstić information content (AvgIpc) is 2.00. The Morgan fingerprint density at radius 2 is 2.25 bits per heavy atom. The molecule has 0 radical (unpaired) electrons. The van der Waals surface area contributed by atoms with Crippen molar-refractivity contribution in [1.29, 1.82) is 0 Å². The van der Waals surface area contributed by atoms with Gasteiger partial charge >= 0.3 is 0 Å². The van der Waals surface area contributed by atoms with E-state index in [1.165, 1.54) is 12.1 Å². The monoisotopic (exact) mass is 251 g/mol. The summed E-state index contributed by atoms with van der Waals surface area (Å²) in [6.45, 7) is 0. The van der Waals surface area contributed by atoms with Crippen LogP contribution in [0, 0.1) is 5.82 Å². The van der Waals surface area contributed by atoms with E-state index in [0.717, 1.165) is 0 Å². The highest BCUT2D eigenvalue weighted by Gasteiger charge is 2.06. The van der Waals surface area contributed by atoms with Crippen LogP contribution in [0.5, 0.6) is 0 Å². The third-order valence-corrected chi connectivity index (χ3v) is 1.94.